The third kappa shape index (κ3) is 5.06. The summed E-state index contributed by atoms with van der Waals surface area (Å²) in [5.74, 6) is 0.732. The summed E-state index contributed by atoms with van der Waals surface area (Å²) >= 11 is 0. The third-order valence-electron chi connectivity index (χ3n) is 4.31. The highest BCUT2D eigenvalue weighted by Crippen LogP contribution is 2.16. The van der Waals surface area contributed by atoms with Crippen LogP contribution in [0.4, 0.5) is 0 Å². The van der Waals surface area contributed by atoms with Crippen LogP contribution < -0.4 is 5.32 Å². The van der Waals surface area contributed by atoms with Gasteiger partial charge < -0.3 is 10.2 Å². The summed E-state index contributed by atoms with van der Waals surface area (Å²) in [7, 11) is 3.58. The van der Waals surface area contributed by atoms with Crippen LogP contribution in [0.25, 0.3) is 0 Å². The number of piperidine rings is 1. The molecule has 0 aliphatic carbocycles. The Bertz CT molecular complexity index is 542. The Balaban J connectivity index is 1.85. The van der Waals surface area contributed by atoms with Crippen molar-refractivity contribution in [2.75, 3.05) is 33.7 Å². The van der Waals surface area contributed by atoms with Gasteiger partial charge >= 0.3 is 0 Å². The minimum atomic E-state index is -0.0840. The fraction of sp³-hybridized carbons (Fsp3) is 0.556. The lowest BCUT2D eigenvalue weighted by molar-refractivity contribution is -0.133. The largest absolute Gasteiger partial charge is 0.355 e. The first-order chi connectivity index (χ1) is 11.0. The van der Waals surface area contributed by atoms with Crippen molar-refractivity contribution in [2.45, 2.75) is 26.3 Å². The van der Waals surface area contributed by atoms with E-state index in [4.69, 9.17) is 0 Å². The lowest BCUT2D eigenvalue weighted by Crippen LogP contribution is -2.43. The second kappa shape index (κ2) is 8.11. The molecule has 2 amide bonds. The Labute approximate surface area is 138 Å². The van der Waals surface area contributed by atoms with Gasteiger partial charge in [-0.25, -0.2) is 0 Å². The average Bonchev–Trinajstić information content (AvgIpc) is 2.54. The van der Waals surface area contributed by atoms with Crippen molar-refractivity contribution >= 4 is 11.8 Å². The molecule has 126 valence electrons. The molecule has 0 aromatic heterocycles. The van der Waals surface area contributed by atoms with Crippen LogP contribution >= 0.6 is 0 Å². The highest BCUT2D eigenvalue weighted by Gasteiger charge is 2.21. The normalized spacial score (nSPS) is 18.1. The monoisotopic (exact) mass is 317 g/mol. The SMILES string of the molecule is CNC(=O)c1ccc(CN(C)CC(=O)N2CCC[C@H](C)C2)cc1. The highest BCUT2D eigenvalue weighted by atomic mass is 16.2. The number of benzene rings is 1. The molecule has 1 aliphatic heterocycles. The van der Waals surface area contributed by atoms with Crippen molar-refractivity contribution in [1.82, 2.24) is 15.1 Å². The van der Waals surface area contributed by atoms with Gasteiger partial charge in [0.1, 0.15) is 0 Å². The molecule has 0 bridgehead atoms. The number of rotatable bonds is 5. The van der Waals surface area contributed by atoms with E-state index in [9.17, 15) is 9.59 Å². The highest BCUT2D eigenvalue weighted by molar-refractivity contribution is 5.93. The number of likely N-dealkylation sites (tertiary alicyclic amines) is 1. The molecular formula is C18H27N3O2. The molecule has 2 rings (SSSR count). The standard InChI is InChI=1S/C18H27N3O2/c1-14-5-4-10-21(11-14)17(22)13-20(3)12-15-6-8-16(9-7-15)18(23)19-2/h6-9,14H,4-5,10-13H2,1-3H3,(H,19,23)/t14-/m0/s1. The van der Waals surface area contributed by atoms with Crippen molar-refractivity contribution < 1.29 is 9.59 Å². The molecule has 1 heterocycles. The number of hydrogen-bond acceptors (Lipinski definition) is 3. The first kappa shape index (κ1) is 17.5. The Morgan fingerprint density at radius 3 is 2.61 bits per heavy atom. The summed E-state index contributed by atoms with van der Waals surface area (Å²) in [6.07, 6.45) is 2.33. The fourth-order valence-electron chi connectivity index (χ4n) is 3.02. The van der Waals surface area contributed by atoms with E-state index in [1.54, 1.807) is 7.05 Å². The summed E-state index contributed by atoms with van der Waals surface area (Å²) in [6, 6.07) is 7.51. The molecule has 23 heavy (non-hydrogen) atoms. The first-order valence-corrected chi connectivity index (χ1v) is 8.27. The maximum absolute atomic E-state index is 12.4. The lowest BCUT2D eigenvalue weighted by Gasteiger charge is -2.32. The topological polar surface area (TPSA) is 52.7 Å². The zero-order chi connectivity index (χ0) is 16.8. The molecule has 0 unspecified atom stereocenters. The van der Waals surface area contributed by atoms with Gasteiger partial charge in [0.25, 0.3) is 5.91 Å². The molecule has 1 aromatic carbocycles. The summed E-state index contributed by atoms with van der Waals surface area (Å²) in [6.45, 7) is 5.11. The second-order valence-corrected chi connectivity index (χ2v) is 6.54. The van der Waals surface area contributed by atoms with Gasteiger partial charge in [-0.15, -0.1) is 0 Å². The average molecular weight is 317 g/mol. The fourth-order valence-corrected chi connectivity index (χ4v) is 3.02. The molecule has 1 aromatic rings. The van der Waals surface area contributed by atoms with Crippen molar-refractivity contribution in [3.63, 3.8) is 0 Å². The van der Waals surface area contributed by atoms with Crippen molar-refractivity contribution in [3.8, 4) is 0 Å². The van der Waals surface area contributed by atoms with Crippen LogP contribution in [-0.2, 0) is 11.3 Å². The molecule has 0 saturated carbocycles. The van der Waals surface area contributed by atoms with Gasteiger partial charge in [0.05, 0.1) is 6.54 Å². The van der Waals surface area contributed by atoms with E-state index in [-0.39, 0.29) is 11.8 Å². The van der Waals surface area contributed by atoms with E-state index < -0.39 is 0 Å². The van der Waals surface area contributed by atoms with E-state index in [1.807, 2.05) is 41.1 Å². The summed E-state index contributed by atoms with van der Waals surface area (Å²) in [5.41, 5.74) is 1.75. The van der Waals surface area contributed by atoms with Crippen molar-refractivity contribution in [1.29, 1.82) is 0 Å². The lowest BCUT2D eigenvalue weighted by atomic mass is 10.0. The molecule has 5 nitrogen and oxygen atoms in total. The Kier molecular flexibility index (Phi) is 6.16. The molecule has 0 radical (unpaired) electrons. The second-order valence-electron chi connectivity index (χ2n) is 6.54. The Hall–Kier alpha value is -1.88. The van der Waals surface area contributed by atoms with E-state index in [0.717, 1.165) is 25.1 Å². The predicted octanol–water partition coefficient (Wildman–Crippen LogP) is 1.74. The molecule has 1 aliphatic rings. The van der Waals surface area contributed by atoms with E-state index in [2.05, 4.69) is 12.2 Å². The first-order valence-electron chi connectivity index (χ1n) is 8.27. The quantitative estimate of drug-likeness (QED) is 0.900. The van der Waals surface area contributed by atoms with Crippen LogP contribution in [-0.4, -0.2) is 55.3 Å². The molecular weight excluding hydrogens is 290 g/mol. The summed E-state index contributed by atoms with van der Waals surface area (Å²) in [5, 5.41) is 2.61. The Morgan fingerprint density at radius 2 is 2.00 bits per heavy atom. The molecule has 0 spiro atoms. The smallest absolute Gasteiger partial charge is 0.251 e. The van der Waals surface area contributed by atoms with Gasteiger partial charge in [0.15, 0.2) is 0 Å². The number of nitrogens with one attached hydrogen (secondary N) is 1. The van der Waals surface area contributed by atoms with Crippen LogP contribution in [0.1, 0.15) is 35.7 Å². The van der Waals surface area contributed by atoms with Gasteiger partial charge in [-0.3, -0.25) is 14.5 Å². The molecule has 1 N–H and O–H groups in total. The van der Waals surface area contributed by atoms with Crippen LogP contribution in [0, 0.1) is 5.92 Å². The van der Waals surface area contributed by atoms with E-state index >= 15 is 0 Å². The number of carbonyl (C=O) groups is 2. The summed E-state index contributed by atoms with van der Waals surface area (Å²) < 4.78 is 0. The van der Waals surface area contributed by atoms with Crippen LogP contribution in [0.2, 0.25) is 0 Å². The zero-order valence-electron chi connectivity index (χ0n) is 14.3. The van der Waals surface area contributed by atoms with Crippen molar-refractivity contribution in [3.05, 3.63) is 35.4 Å². The summed E-state index contributed by atoms with van der Waals surface area (Å²) in [4.78, 5) is 27.9. The van der Waals surface area contributed by atoms with Gasteiger partial charge in [0, 0.05) is 32.2 Å². The van der Waals surface area contributed by atoms with Crippen LogP contribution in [0.15, 0.2) is 24.3 Å². The number of nitrogens with zero attached hydrogens (tertiary/aromatic N) is 2. The van der Waals surface area contributed by atoms with Crippen molar-refractivity contribution in [2.24, 2.45) is 5.92 Å². The number of hydrogen-bond donors (Lipinski definition) is 1. The van der Waals surface area contributed by atoms with Crippen LogP contribution in [0.5, 0.6) is 0 Å². The van der Waals surface area contributed by atoms with Gasteiger partial charge in [0.2, 0.25) is 5.91 Å². The van der Waals surface area contributed by atoms with E-state index in [1.165, 1.54) is 6.42 Å². The maximum atomic E-state index is 12.4. The zero-order valence-corrected chi connectivity index (χ0v) is 14.3. The van der Waals surface area contributed by atoms with Gasteiger partial charge in [-0.1, -0.05) is 19.1 Å². The van der Waals surface area contributed by atoms with Gasteiger partial charge in [-0.05, 0) is 43.5 Å². The number of carbonyl (C=O) groups excluding carboxylic acids is 2. The third-order valence-corrected chi connectivity index (χ3v) is 4.31. The number of amides is 2. The number of likely N-dealkylation sites (N-methyl/N-ethyl adjacent to an activating group) is 1. The van der Waals surface area contributed by atoms with Gasteiger partial charge in [-0.2, -0.15) is 0 Å². The maximum Gasteiger partial charge on any atom is 0.251 e. The minimum absolute atomic E-state index is 0.0840. The molecule has 1 saturated heterocycles. The van der Waals surface area contributed by atoms with E-state index in [0.29, 0.717) is 24.6 Å². The predicted molar refractivity (Wildman–Crippen MR) is 91.1 cm³/mol. The molecule has 1 fully saturated rings. The molecule has 1 atom stereocenters. The molecule has 5 heteroatoms. The Morgan fingerprint density at radius 1 is 1.30 bits per heavy atom. The van der Waals surface area contributed by atoms with Crippen LogP contribution in [0.3, 0.4) is 0 Å². The minimum Gasteiger partial charge on any atom is -0.355 e.